The van der Waals surface area contributed by atoms with Gasteiger partial charge in [-0.05, 0) is 29.8 Å². The van der Waals surface area contributed by atoms with E-state index in [9.17, 15) is 14.0 Å². The number of aromatic nitrogens is 3. The zero-order valence-corrected chi connectivity index (χ0v) is 13.7. The number of nitrogens with zero attached hydrogens (tertiary/aromatic N) is 4. The summed E-state index contributed by atoms with van der Waals surface area (Å²) in [6.07, 6.45) is 0.130. The molecule has 1 heterocycles. The fourth-order valence-electron chi connectivity index (χ4n) is 2.51. The summed E-state index contributed by atoms with van der Waals surface area (Å²) in [5.74, 6) is -0.446. The third-order valence-corrected chi connectivity index (χ3v) is 3.93. The predicted molar refractivity (Wildman–Crippen MR) is 91.3 cm³/mol. The molecule has 0 atom stereocenters. The highest BCUT2D eigenvalue weighted by atomic mass is 19.1. The Kier molecular flexibility index (Phi) is 4.83. The highest BCUT2D eigenvalue weighted by Crippen LogP contribution is 2.07. The number of amides is 1. The minimum Gasteiger partial charge on any atom is -0.341 e. The Labute approximate surface area is 143 Å². The molecule has 0 aliphatic rings. The molecule has 1 aromatic heterocycles. The van der Waals surface area contributed by atoms with Crippen LogP contribution in [0.3, 0.4) is 0 Å². The monoisotopic (exact) mass is 340 g/mol. The summed E-state index contributed by atoms with van der Waals surface area (Å²) in [6, 6.07) is 12.9. The molecule has 0 aliphatic heterocycles. The number of rotatable bonds is 5. The summed E-state index contributed by atoms with van der Waals surface area (Å²) in [4.78, 5) is 26.1. The minimum atomic E-state index is -0.313. The first-order chi connectivity index (χ1) is 12.0. The van der Waals surface area contributed by atoms with Crippen LogP contribution < -0.4 is 5.56 Å². The number of carbonyl (C=O) groups is 1. The predicted octanol–water partition coefficient (Wildman–Crippen LogP) is 1.98. The van der Waals surface area contributed by atoms with Gasteiger partial charge in [-0.15, -0.1) is 5.10 Å². The van der Waals surface area contributed by atoms with Crippen molar-refractivity contribution in [3.8, 4) is 0 Å². The van der Waals surface area contributed by atoms with Gasteiger partial charge in [-0.25, -0.2) is 9.07 Å². The van der Waals surface area contributed by atoms with Crippen LogP contribution in [0, 0.1) is 5.82 Å². The first kappa shape index (κ1) is 16.8. The molecule has 0 aliphatic carbocycles. The van der Waals surface area contributed by atoms with Gasteiger partial charge < -0.3 is 4.90 Å². The Morgan fingerprint density at radius 3 is 2.64 bits per heavy atom. The van der Waals surface area contributed by atoms with Crippen molar-refractivity contribution in [2.75, 3.05) is 7.05 Å². The van der Waals surface area contributed by atoms with Gasteiger partial charge in [0.2, 0.25) is 5.91 Å². The molecule has 128 valence electrons. The Bertz CT molecular complexity index is 953. The molecule has 3 rings (SSSR count). The van der Waals surface area contributed by atoms with Crippen molar-refractivity contribution in [2.24, 2.45) is 0 Å². The van der Waals surface area contributed by atoms with Crippen LogP contribution in [0.15, 0.2) is 53.3 Å². The van der Waals surface area contributed by atoms with Crippen molar-refractivity contribution in [2.45, 2.75) is 19.5 Å². The summed E-state index contributed by atoms with van der Waals surface area (Å²) in [7, 11) is 1.67. The van der Waals surface area contributed by atoms with Crippen molar-refractivity contribution in [1.29, 1.82) is 0 Å². The fourth-order valence-corrected chi connectivity index (χ4v) is 2.51. The Hall–Kier alpha value is -3.09. The minimum absolute atomic E-state index is 0.130. The second kappa shape index (κ2) is 7.21. The van der Waals surface area contributed by atoms with Crippen molar-refractivity contribution < 1.29 is 9.18 Å². The van der Waals surface area contributed by atoms with Crippen molar-refractivity contribution in [3.63, 3.8) is 0 Å². The topological polar surface area (TPSA) is 68.1 Å². The van der Waals surface area contributed by atoms with E-state index in [1.807, 2.05) is 0 Å². The molecule has 25 heavy (non-hydrogen) atoms. The lowest BCUT2D eigenvalue weighted by atomic mass is 10.2. The van der Waals surface area contributed by atoms with E-state index >= 15 is 0 Å². The van der Waals surface area contributed by atoms with Crippen LogP contribution in [-0.2, 0) is 17.9 Å². The Balaban J connectivity index is 1.64. The van der Waals surface area contributed by atoms with E-state index in [1.165, 1.54) is 21.7 Å². The van der Waals surface area contributed by atoms with E-state index in [0.29, 0.717) is 17.4 Å². The van der Waals surface area contributed by atoms with Gasteiger partial charge in [0.25, 0.3) is 5.56 Å². The molecule has 6 nitrogen and oxygen atoms in total. The number of hydrogen-bond donors (Lipinski definition) is 0. The van der Waals surface area contributed by atoms with Gasteiger partial charge in [0.15, 0.2) is 0 Å². The fraction of sp³-hybridized carbons (Fsp3) is 0.222. The molecular formula is C18H17FN4O2. The summed E-state index contributed by atoms with van der Waals surface area (Å²) in [5.41, 5.74) is 1.10. The average Bonchev–Trinajstić information content (AvgIpc) is 2.63. The molecule has 0 spiro atoms. The molecule has 0 unspecified atom stereocenters. The molecule has 0 saturated heterocycles. The summed E-state index contributed by atoms with van der Waals surface area (Å²) < 4.78 is 14.1. The zero-order valence-electron chi connectivity index (χ0n) is 13.7. The van der Waals surface area contributed by atoms with Crippen LogP contribution >= 0.6 is 0 Å². The zero-order chi connectivity index (χ0) is 17.8. The van der Waals surface area contributed by atoms with Crippen LogP contribution in [0.5, 0.6) is 0 Å². The van der Waals surface area contributed by atoms with Crippen LogP contribution in [0.1, 0.15) is 12.0 Å². The first-order valence-electron chi connectivity index (χ1n) is 7.85. The molecule has 1 amide bonds. The SMILES string of the molecule is CN(Cc1ccc(F)cc1)C(=O)CCn1nnc2ccccc2c1=O. The third-order valence-electron chi connectivity index (χ3n) is 3.93. The van der Waals surface area contributed by atoms with E-state index in [1.54, 1.807) is 43.4 Å². The van der Waals surface area contributed by atoms with Gasteiger partial charge in [-0.3, -0.25) is 9.59 Å². The number of hydrogen-bond acceptors (Lipinski definition) is 4. The molecule has 0 fully saturated rings. The van der Waals surface area contributed by atoms with E-state index in [-0.39, 0.29) is 30.2 Å². The summed E-state index contributed by atoms with van der Waals surface area (Å²) >= 11 is 0. The first-order valence-corrected chi connectivity index (χ1v) is 7.85. The second-order valence-electron chi connectivity index (χ2n) is 5.76. The van der Waals surface area contributed by atoms with Gasteiger partial charge in [0.1, 0.15) is 11.3 Å². The second-order valence-corrected chi connectivity index (χ2v) is 5.76. The number of aryl methyl sites for hydroxylation is 1. The highest BCUT2D eigenvalue weighted by molar-refractivity contribution is 5.77. The van der Waals surface area contributed by atoms with Gasteiger partial charge in [-0.1, -0.05) is 29.5 Å². The molecule has 0 radical (unpaired) electrons. The van der Waals surface area contributed by atoms with Crippen LogP contribution in [-0.4, -0.2) is 32.8 Å². The number of benzene rings is 2. The lowest BCUT2D eigenvalue weighted by molar-refractivity contribution is -0.130. The molecular weight excluding hydrogens is 323 g/mol. The van der Waals surface area contributed by atoms with E-state index < -0.39 is 0 Å². The maximum atomic E-state index is 12.9. The standard InChI is InChI=1S/C18H17FN4O2/c1-22(12-13-6-8-14(19)9-7-13)17(24)10-11-23-18(25)15-4-2-3-5-16(15)20-21-23/h2-9H,10-12H2,1H3. The quantitative estimate of drug-likeness (QED) is 0.712. The number of fused-ring (bicyclic) bond motifs is 1. The van der Waals surface area contributed by atoms with Gasteiger partial charge >= 0.3 is 0 Å². The largest absolute Gasteiger partial charge is 0.341 e. The molecule has 3 aromatic rings. The molecule has 7 heteroatoms. The lowest BCUT2D eigenvalue weighted by Gasteiger charge is -2.17. The van der Waals surface area contributed by atoms with E-state index in [2.05, 4.69) is 10.3 Å². The van der Waals surface area contributed by atoms with Gasteiger partial charge in [-0.2, -0.15) is 0 Å². The Morgan fingerprint density at radius 1 is 1.16 bits per heavy atom. The maximum absolute atomic E-state index is 12.9. The average molecular weight is 340 g/mol. The van der Waals surface area contributed by atoms with Gasteiger partial charge in [0.05, 0.1) is 11.9 Å². The Morgan fingerprint density at radius 2 is 1.88 bits per heavy atom. The van der Waals surface area contributed by atoms with E-state index in [4.69, 9.17) is 0 Å². The molecule has 2 aromatic carbocycles. The third kappa shape index (κ3) is 3.88. The number of carbonyl (C=O) groups excluding carboxylic acids is 1. The maximum Gasteiger partial charge on any atom is 0.277 e. The van der Waals surface area contributed by atoms with Crippen LogP contribution in [0.2, 0.25) is 0 Å². The van der Waals surface area contributed by atoms with E-state index in [0.717, 1.165) is 5.56 Å². The van der Waals surface area contributed by atoms with Crippen LogP contribution in [0.4, 0.5) is 4.39 Å². The molecule has 0 N–H and O–H groups in total. The smallest absolute Gasteiger partial charge is 0.277 e. The van der Waals surface area contributed by atoms with Crippen molar-refractivity contribution in [1.82, 2.24) is 19.9 Å². The highest BCUT2D eigenvalue weighted by Gasteiger charge is 2.12. The lowest BCUT2D eigenvalue weighted by Crippen LogP contribution is -2.30. The number of halogens is 1. The van der Waals surface area contributed by atoms with Crippen LogP contribution in [0.25, 0.3) is 10.9 Å². The van der Waals surface area contributed by atoms with Crippen molar-refractivity contribution >= 4 is 16.8 Å². The summed E-state index contributed by atoms with van der Waals surface area (Å²) in [5, 5.41) is 8.34. The molecule has 0 bridgehead atoms. The van der Waals surface area contributed by atoms with Gasteiger partial charge in [0, 0.05) is 20.0 Å². The van der Waals surface area contributed by atoms with Crippen molar-refractivity contribution in [3.05, 3.63) is 70.3 Å². The molecule has 0 saturated carbocycles. The normalized spacial score (nSPS) is 10.8. The summed E-state index contributed by atoms with van der Waals surface area (Å²) in [6.45, 7) is 0.528.